The van der Waals surface area contributed by atoms with Crippen molar-refractivity contribution in [3.8, 4) is 0 Å². The maximum absolute atomic E-state index is 9.42. The van der Waals surface area contributed by atoms with Gasteiger partial charge in [-0.15, -0.1) is 0 Å². The van der Waals surface area contributed by atoms with E-state index in [1.165, 1.54) is 16.7 Å². The molecule has 0 bridgehead atoms. The summed E-state index contributed by atoms with van der Waals surface area (Å²) in [5.74, 6) is 0. The van der Waals surface area contributed by atoms with Crippen LogP contribution in [0.2, 0.25) is 6.82 Å². The Hall–Kier alpha value is -0.755. The lowest BCUT2D eigenvalue weighted by atomic mass is 9.62. The molecule has 1 aromatic rings. The fraction of sp³-hybridized carbons (Fsp3) is 0.400. The first-order valence-electron chi connectivity index (χ1n) is 4.28. The number of rotatable bonds is 1. The third kappa shape index (κ3) is 1.70. The maximum atomic E-state index is 9.42. The van der Waals surface area contributed by atoms with Gasteiger partial charge in [0, 0.05) is 0 Å². The van der Waals surface area contributed by atoms with Crippen molar-refractivity contribution in [2.24, 2.45) is 0 Å². The molecule has 0 spiro atoms. The zero-order valence-electron chi connectivity index (χ0n) is 8.18. The Morgan fingerprint density at radius 1 is 1.00 bits per heavy atom. The van der Waals surface area contributed by atoms with Crippen molar-refractivity contribution in [2.45, 2.75) is 27.6 Å². The highest BCUT2D eigenvalue weighted by molar-refractivity contribution is 6.65. The van der Waals surface area contributed by atoms with Crippen LogP contribution >= 0.6 is 0 Å². The molecular weight excluding hydrogens is 147 g/mol. The van der Waals surface area contributed by atoms with Crippen LogP contribution < -0.4 is 5.46 Å². The molecule has 12 heavy (non-hydrogen) atoms. The highest BCUT2D eigenvalue weighted by Crippen LogP contribution is 2.07. The summed E-state index contributed by atoms with van der Waals surface area (Å²) in [6, 6.07) is 4.19. The molecule has 0 radical (unpaired) electrons. The molecule has 0 fully saturated rings. The van der Waals surface area contributed by atoms with Gasteiger partial charge in [0.2, 0.25) is 0 Å². The van der Waals surface area contributed by atoms with Gasteiger partial charge >= 0.3 is 6.92 Å². The Kier molecular flexibility index (Phi) is 2.58. The van der Waals surface area contributed by atoms with Crippen LogP contribution in [0.25, 0.3) is 0 Å². The summed E-state index contributed by atoms with van der Waals surface area (Å²) in [7, 11) is 0. The Morgan fingerprint density at radius 2 is 1.50 bits per heavy atom. The monoisotopic (exact) mass is 162 g/mol. The molecule has 0 saturated heterocycles. The van der Waals surface area contributed by atoms with Crippen molar-refractivity contribution in [2.75, 3.05) is 0 Å². The summed E-state index contributed by atoms with van der Waals surface area (Å²) in [5, 5.41) is 9.42. The van der Waals surface area contributed by atoms with Crippen molar-refractivity contribution in [1.82, 2.24) is 0 Å². The van der Waals surface area contributed by atoms with Crippen LogP contribution in [0.1, 0.15) is 16.7 Å². The van der Waals surface area contributed by atoms with Gasteiger partial charge in [0.1, 0.15) is 0 Å². The largest absolute Gasteiger partial charge is 0.446 e. The molecule has 0 saturated carbocycles. The van der Waals surface area contributed by atoms with E-state index in [9.17, 15) is 5.02 Å². The Morgan fingerprint density at radius 3 is 2.00 bits per heavy atom. The van der Waals surface area contributed by atoms with Gasteiger partial charge in [-0.1, -0.05) is 24.5 Å². The van der Waals surface area contributed by atoms with Crippen LogP contribution in [0.15, 0.2) is 12.1 Å². The van der Waals surface area contributed by atoms with Gasteiger partial charge < -0.3 is 5.02 Å². The summed E-state index contributed by atoms with van der Waals surface area (Å²) in [6.07, 6.45) is 0. The molecule has 0 amide bonds. The van der Waals surface area contributed by atoms with Crippen LogP contribution in [0, 0.1) is 20.8 Å². The first-order valence-corrected chi connectivity index (χ1v) is 4.28. The maximum Gasteiger partial charge on any atom is 0.320 e. The fourth-order valence-corrected chi connectivity index (χ4v) is 1.43. The van der Waals surface area contributed by atoms with E-state index in [1.807, 2.05) is 6.92 Å². The summed E-state index contributed by atoms with van der Waals surface area (Å²) in [6.45, 7) is 7.64. The molecule has 2 heteroatoms. The van der Waals surface area contributed by atoms with Gasteiger partial charge in [-0.3, -0.25) is 0 Å². The van der Waals surface area contributed by atoms with E-state index in [2.05, 4.69) is 26.0 Å². The summed E-state index contributed by atoms with van der Waals surface area (Å²) < 4.78 is 0. The van der Waals surface area contributed by atoms with Crippen molar-refractivity contribution >= 4 is 12.4 Å². The fourth-order valence-electron chi connectivity index (χ4n) is 1.43. The second-order valence-electron chi connectivity index (χ2n) is 3.47. The first kappa shape index (κ1) is 9.33. The van der Waals surface area contributed by atoms with E-state index in [0.717, 1.165) is 5.46 Å². The summed E-state index contributed by atoms with van der Waals surface area (Å²) in [4.78, 5) is 0. The lowest BCUT2D eigenvalue weighted by Gasteiger charge is -2.09. The highest BCUT2D eigenvalue weighted by atomic mass is 16.2. The molecule has 0 atom stereocenters. The zero-order valence-corrected chi connectivity index (χ0v) is 8.18. The van der Waals surface area contributed by atoms with Crippen LogP contribution in [0.3, 0.4) is 0 Å². The van der Waals surface area contributed by atoms with E-state index < -0.39 is 0 Å². The Bertz CT molecular complexity index is 292. The van der Waals surface area contributed by atoms with Gasteiger partial charge in [0.25, 0.3) is 0 Å². The van der Waals surface area contributed by atoms with Crippen molar-refractivity contribution < 1.29 is 5.02 Å². The number of hydrogen-bond donors (Lipinski definition) is 1. The zero-order chi connectivity index (χ0) is 9.30. The normalized spacial score (nSPS) is 10.1. The minimum Gasteiger partial charge on any atom is -0.446 e. The standard InChI is InChI=1S/C10H15BO/c1-7-5-9(3)10(11(4)12)6-8(7)2/h5-6,12H,1-4H3. The molecule has 1 nitrogen and oxygen atoms in total. The molecule has 0 aliphatic rings. The average Bonchev–Trinajstić information content (AvgIpc) is 1.96. The van der Waals surface area contributed by atoms with E-state index in [4.69, 9.17) is 0 Å². The van der Waals surface area contributed by atoms with Gasteiger partial charge in [0.05, 0.1) is 0 Å². The second-order valence-corrected chi connectivity index (χ2v) is 3.47. The third-order valence-electron chi connectivity index (χ3n) is 2.33. The smallest absolute Gasteiger partial charge is 0.320 e. The minimum atomic E-state index is -0.357. The minimum absolute atomic E-state index is 0.357. The molecule has 0 unspecified atom stereocenters. The first-order chi connectivity index (χ1) is 5.52. The second kappa shape index (κ2) is 3.32. The average molecular weight is 162 g/mol. The van der Waals surface area contributed by atoms with Gasteiger partial charge in [-0.05, 0) is 37.4 Å². The van der Waals surface area contributed by atoms with E-state index >= 15 is 0 Å². The Balaban J connectivity index is 3.23. The van der Waals surface area contributed by atoms with Crippen LogP contribution in [0.5, 0.6) is 0 Å². The third-order valence-corrected chi connectivity index (χ3v) is 2.33. The highest BCUT2D eigenvalue weighted by Gasteiger charge is 2.10. The van der Waals surface area contributed by atoms with E-state index in [0.29, 0.717) is 0 Å². The Labute approximate surface area is 74.5 Å². The molecule has 1 aromatic carbocycles. The van der Waals surface area contributed by atoms with Gasteiger partial charge in [-0.2, -0.15) is 0 Å². The topological polar surface area (TPSA) is 20.2 Å². The summed E-state index contributed by atoms with van der Waals surface area (Å²) >= 11 is 0. The molecule has 0 aliphatic carbocycles. The molecule has 0 aliphatic heterocycles. The van der Waals surface area contributed by atoms with Crippen molar-refractivity contribution in [3.05, 3.63) is 28.8 Å². The lowest BCUT2D eigenvalue weighted by Crippen LogP contribution is -2.29. The SMILES string of the molecule is CB(O)c1cc(C)c(C)cc1C. The molecule has 0 aromatic heterocycles. The predicted octanol–water partition coefficient (Wildman–Crippen LogP) is 1.43. The molecule has 64 valence electrons. The molecular formula is C10H15BO. The quantitative estimate of drug-likeness (QED) is 0.619. The van der Waals surface area contributed by atoms with Crippen LogP contribution in [-0.2, 0) is 0 Å². The molecule has 1 rings (SSSR count). The summed E-state index contributed by atoms with van der Waals surface area (Å²) in [5.41, 5.74) is 4.75. The van der Waals surface area contributed by atoms with Crippen LogP contribution in [-0.4, -0.2) is 11.9 Å². The van der Waals surface area contributed by atoms with Crippen LogP contribution in [0.4, 0.5) is 0 Å². The number of hydrogen-bond acceptors (Lipinski definition) is 1. The number of benzene rings is 1. The van der Waals surface area contributed by atoms with Gasteiger partial charge in [-0.25, -0.2) is 0 Å². The lowest BCUT2D eigenvalue weighted by molar-refractivity contribution is 0.593. The molecule has 0 heterocycles. The van der Waals surface area contributed by atoms with Gasteiger partial charge in [0.15, 0.2) is 0 Å². The van der Waals surface area contributed by atoms with Crippen molar-refractivity contribution in [3.63, 3.8) is 0 Å². The molecule has 1 N–H and O–H groups in total. The van der Waals surface area contributed by atoms with Crippen molar-refractivity contribution in [1.29, 1.82) is 0 Å². The van der Waals surface area contributed by atoms with E-state index in [-0.39, 0.29) is 6.92 Å². The van der Waals surface area contributed by atoms with E-state index in [1.54, 1.807) is 6.82 Å². The number of aryl methyl sites for hydroxylation is 3. The predicted molar refractivity (Wildman–Crippen MR) is 54.1 cm³/mol.